The van der Waals surface area contributed by atoms with Crippen molar-refractivity contribution in [1.29, 1.82) is 0 Å². The number of ether oxygens (including phenoxy) is 2. The molecule has 9 heteroatoms. The van der Waals surface area contributed by atoms with Crippen molar-refractivity contribution in [2.24, 2.45) is 5.41 Å². The summed E-state index contributed by atoms with van der Waals surface area (Å²) in [6, 6.07) is 13.9. The van der Waals surface area contributed by atoms with E-state index in [1.807, 2.05) is 45.0 Å². The second-order valence-corrected chi connectivity index (χ2v) is 12.8. The van der Waals surface area contributed by atoms with Crippen molar-refractivity contribution >= 4 is 5.91 Å². The molecule has 6 nitrogen and oxygen atoms in total. The zero-order valence-corrected chi connectivity index (χ0v) is 28.6. The van der Waals surface area contributed by atoms with E-state index in [1.165, 1.54) is 24.2 Å². The Bertz CT molecular complexity index is 1420. The quantitative estimate of drug-likeness (QED) is 0.174. The Balaban J connectivity index is 0.000000674. The van der Waals surface area contributed by atoms with Crippen LogP contribution in [0.25, 0.3) is 11.3 Å². The minimum absolute atomic E-state index is 0. The molecule has 1 fully saturated rings. The highest BCUT2D eigenvalue weighted by Crippen LogP contribution is 2.60. The Hall–Kier alpha value is -3.46. The lowest BCUT2D eigenvalue weighted by molar-refractivity contribution is -0.192. The van der Waals surface area contributed by atoms with Crippen LogP contribution in [0.1, 0.15) is 93.6 Å². The van der Waals surface area contributed by atoms with E-state index in [-0.39, 0.29) is 39.1 Å². The van der Waals surface area contributed by atoms with Crippen LogP contribution in [0.3, 0.4) is 0 Å². The number of benzene rings is 2. The maximum atomic E-state index is 13.9. The predicted molar refractivity (Wildman–Crippen MR) is 179 cm³/mol. The Kier molecular flexibility index (Phi) is 13.2. The van der Waals surface area contributed by atoms with Gasteiger partial charge in [0.05, 0.1) is 23.3 Å². The third-order valence-corrected chi connectivity index (χ3v) is 8.39. The number of halogens is 3. The van der Waals surface area contributed by atoms with Crippen LogP contribution in [-0.4, -0.2) is 59.4 Å². The van der Waals surface area contributed by atoms with E-state index in [0.717, 1.165) is 28.9 Å². The van der Waals surface area contributed by atoms with Crippen LogP contribution in [0.15, 0.2) is 48.5 Å². The normalized spacial score (nSPS) is 14.3. The molecule has 0 N–H and O–H groups in total. The molecular formula is C37H52F3N3O3. The van der Waals surface area contributed by atoms with Gasteiger partial charge in [0, 0.05) is 32.3 Å². The zero-order valence-electron chi connectivity index (χ0n) is 28.6. The second-order valence-electron chi connectivity index (χ2n) is 12.8. The topological polar surface area (TPSA) is 64.5 Å². The van der Waals surface area contributed by atoms with E-state index in [9.17, 15) is 18.0 Å². The van der Waals surface area contributed by atoms with Crippen molar-refractivity contribution < 1.29 is 28.9 Å². The van der Waals surface area contributed by atoms with Crippen LogP contribution in [0.5, 0.6) is 5.88 Å². The van der Waals surface area contributed by atoms with Crippen LogP contribution in [-0.2, 0) is 4.74 Å². The largest absolute Gasteiger partial charge is 0.475 e. The molecule has 2 aromatic carbocycles. The van der Waals surface area contributed by atoms with E-state index in [2.05, 4.69) is 30.7 Å². The number of hydrogen-bond donors (Lipinski definition) is 0. The fourth-order valence-corrected chi connectivity index (χ4v) is 5.47. The SMILES string of the molecule is CCCCCOC(C)C.Cc1cccc(C(=O)N(C)[C@@H](COc2cc(-c3c(C)cccc3C)nc(C)n2)CC2(C(F)(F)F)CC2)c1.[HH]. The summed E-state index contributed by atoms with van der Waals surface area (Å²) in [4.78, 5) is 23.5. The number of rotatable bonds is 13. The van der Waals surface area contributed by atoms with Crippen LogP contribution in [0.4, 0.5) is 13.2 Å². The standard InChI is InChI=1S/C29H32F3N3O2.C8H18O.H2/c1-18-8-6-11-22(14-18)27(36)35(5)23(16-28(12-13-28)29(30,31)32)17-37-25-15-24(33-21(4)34-25)26-19(2)9-7-10-20(26)3;1-4-5-6-7-9-8(2)3;/h6-11,14-15,23H,12-13,16-17H2,1-5H3;8H,4-7H2,1-3H3;1H/t23-;;/m1../s1. The minimum Gasteiger partial charge on any atom is -0.475 e. The van der Waals surface area contributed by atoms with E-state index < -0.39 is 17.6 Å². The molecular weight excluding hydrogens is 591 g/mol. The minimum atomic E-state index is -4.33. The molecule has 1 atom stereocenters. The number of amides is 1. The molecule has 254 valence electrons. The number of aromatic nitrogens is 2. The molecule has 1 amide bonds. The zero-order chi connectivity index (χ0) is 34.1. The fraction of sp³-hybridized carbons (Fsp3) is 0.541. The van der Waals surface area contributed by atoms with Gasteiger partial charge in [-0.25, -0.2) is 4.98 Å². The molecule has 1 aliphatic rings. The first kappa shape index (κ1) is 37.0. The molecule has 1 saturated carbocycles. The Morgan fingerprint density at radius 3 is 2.22 bits per heavy atom. The molecule has 0 saturated heterocycles. The number of hydrogen-bond acceptors (Lipinski definition) is 5. The maximum Gasteiger partial charge on any atom is 0.394 e. The van der Waals surface area contributed by atoms with Gasteiger partial charge in [-0.2, -0.15) is 18.2 Å². The van der Waals surface area contributed by atoms with E-state index in [1.54, 1.807) is 38.2 Å². The van der Waals surface area contributed by atoms with Crippen LogP contribution >= 0.6 is 0 Å². The van der Waals surface area contributed by atoms with Gasteiger partial charge in [-0.1, -0.05) is 55.7 Å². The van der Waals surface area contributed by atoms with E-state index in [0.29, 0.717) is 23.2 Å². The number of nitrogens with zero attached hydrogens (tertiary/aromatic N) is 3. The summed E-state index contributed by atoms with van der Waals surface area (Å²) in [5, 5.41) is 0. The van der Waals surface area contributed by atoms with E-state index >= 15 is 0 Å². The van der Waals surface area contributed by atoms with Gasteiger partial charge < -0.3 is 14.4 Å². The average molecular weight is 644 g/mol. The highest BCUT2D eigenvalue weighted by atomic mass is 19.4. The third kappa shape index (κ3) is 10.3. The molecule has 0 spiro atoms. The molecule has 0 unspecified atom stereocenters. The van der Waals surface area contributed by atoms with Crippen molar-refractivity contribution in [3.63, 3.8) is 0 Å². The van der Waals surface area contributed by atoms with Crippen LogP contribution in [0, 0.1) is 33.1 Å². The molecule has 46 heavy (non-hydrogen) atoms. The van der Waals surface area contributed by atoms with Gasteiger partial charge in [0.1, 0.15) is 12.4 Å². The number of likely N-dealkylation sites (N-methyl/N-ethyl adjacent to an activating group) is 1. The van der Waals surface area contributed by atoms with Crippen molar-refractivity contribution in [3.8, 4) is 17.1 Å². The summed E-state index contributed by atoms with van der Waals surface area (Å²) in [5.74, 6) is 0.415. The second kappa shape index (κ2) is 16.4. The molecule has 1 heterocycles. The highest BCUT2D eigenvalue weighted by Gasteiger charge is 2.63. The number of unbranched alkanes of at least 4 members (excludes halogenated alkanes) is 2. The fourth-order valence-electron chi connectivity index (χ4n) is 5.47. The van der Waals surface area contributed by atoms with Gasteiger partial charge in [-0.05, 0) is 90.5 Å². The molecule has 0 bridgehead atoms. The molecule has 1 aromatic heterocycles. The number of carbonyl (C=O) groups excluding carboxylic acids is 1. The van der Waals surface area contributed by atoms with Crippen LogP contribution in [0.2, 0.25) is 0 Å². The van der Waals surface area contributed by atoms with E-state index in [4.69, 9.17) is 9.47 Å². The van der Waals surface area contributed by atoms with Crippen molar-refractivity contribution in [2.75, 3.05) is 20.3 Å². The average Bonchev–Trinajstić information content (AvgIpc) is 3.78. The summed E-state index contributed by atoms with van der Waals surface area (Å²) in [6.07, 6.45) is -0.242. The Morgan fingerprint density at radius 1 is 1.00 bits per heavy atom. The monoisotopic (exact) mass is 643 g/mol. The van der Waals surface area contributed by atoms with Gasteiger partial charge >= 0.3 is 6.18 Å². The van der Waals surface area contributed by atoms with Crippen LogP contribution < -0.4 is 4.74 Å². The molecule has 1 aliphatic carbocycles. The van der Waals surface area contributed by atoms with Gasteiger partial charge in [0.2, 0.25) is 5.88 Å². The summed E-state index contributed by atoms with van der Waals surface area (Å²) < 4.78 is 52.9. The molecule has 0 radical (unpaired) electrons. The van der Waals surface area contributed by atoms with Gasteiger partial charge in [-0.3, -0.25) is 4.79 Å². The highest BCUT2D eigenvalue weighted by molar-refractivity contribution is 5.94. The summed E-state index contributed by atoms with van der Waals surface area (Å²) in [5.41, 5.74) is 3.30. The Morgan fingerprint density at radius 2 is 1.65 bits per heavy atom. The lowest BCUT2D eigenvalue weighted by atomic mass is 9.95. The molecule has 4 rings (SSSR count). The maximum absolute atomic E-state index is 13.9. The third-order valence-electron chi connectivity index (χ3n) is 8.39. The molecule has 3 aromatic rings. The van der Waals surface area contributed by atoms with Gasteiger partial charge in [0.15, 0.2) is 0 Å². The van der Waals surface area contributed by atoms with Crippen molar-refractivity contribution in [2.45, 2.75) is 105 Å². The van der Waals surface area contributed by atoms with Gasteiger partial charge in [-0.15, -0.1) is 0 Å². The number of alkyl halides is 3. The predicted octanol–water partition coefficient (Wildman–Crippen LogP) is 9.48. The van der Waals surface area contributed by atoms with Crippen molar-refractivity contribution in [3.05, 3.63) is 76.6 Å². The summed E-state index contributed by atoms with van der Waals surface area (Å²) in [6.45, 7) is 14.8. The van der Waals surface area contributed by atoms with Crippen molar-refractivity contribution in [1.82, 2.24) is 14.9 Å². The lowest BCUT2D eigenvalue weighted by Crippen LogP contribution is -2.44. The first-order valence-electron chi connectivity index (χ1n) is 16.2. The summed E-state index contributed by atoms with van der Waals surface area (Å²) >= 11 is 0. The lowest BCUT2D eigenvalue weighted by Gasteiger charge is -2.32. The number of aryl methyl sites for hydroxylation is 4. The first-order chi connectivity index (χ1) is 21.7. The first-order valence-corrected chi connectivity index (χ1v) is 16.2. The smallest absolute Gasteiger partial charge is 0.394 e. The Labute approximate surface area is 274 Å². The summed E-state index contributed by atoms with van der Waals surface area (Å²) in [7, 11) is 1.54. The molecule has 0 aliphatic heterocycles. The number of carbonyl (C=O) groups is 1. The van der Waals surface area contributed by atoms with Gasteiger partial charge in [0.25, 0.3) is 5.91 Å².